The van der Waals surface area contributed by atoms with Crippen molar-refractivity contribution in [3.8, 4) is 5.75 Å². The smallest absolute Gasteiger partial charge is 0.335 e. The second-order valence-electron chi connectivity index (χ2n) is 6.14. The van der Waals surface area contributed by atoms with Crippen LogP contribution in [0.1, 0.15) is 28.4 Å². The van der Waals surface area contributed by atoms with Crippen molar-refractivity contribution in [1.29, 1.82) is 0 Å². The highest BCUT2D eigenvalue weighted by Gasteiger charge is 2.32. The third-order valence-corrected chi connectivity index (χ3v) is 5.28. The summed E-state index contributed by atoms with van der Waals surface area (Å²) in [6.45, 7) is 4.34. The topological polar surface area (TPSA) is 79.2 Å². The Bertz CT molecular complexity index is 980. The summed E-state index contributed by atoms with van der Waals surface area (Å²) < 4.78 is 5.35. The third kappa shape index (κ3) is 4.09. The lowest BCUT2D eigenvalue weighted by Gasteiger charge is -2.12. The Kier molecular flexibility index (Phi) is 5.84. The van der Waals surface area contributed by atoms with Crippen molar-refractivity contribution in [2.45, 2.75) is 13.8 Å². The zero-order valence-corrected chi connectivity index (χ0v) is 16.6. The van der Waals surface area contributed by atoms with E-state index in [1.165, 1.54) is 23.9 Å². The summed E-state index contributed by atoms with van der Waals surface area (Å²) in [7, 11) is 1.62. The molecule has 1 aliphatic rings. The van der Waals surface area contributed by atoms with Crippen LogP contribution in [0, 0.1) is 6.92 Å². The molecule has 6 nitrogen and oxygen atoms in total. The molecule has 0 aromatic heterocycles. The molecule has 0 aliphatic carbocycles. The number of amides is 1. The average Bonchev–Trinajstić information content (AvgIpc) is 2.97. The SMILES string of the molecule is CCN1C(=O)/C(=C\c2ccc(C)c(OC)c2)SC1=Nc1ccc(C(=O)O)cc1. The van der Waals surface area contributed by atoms with Crippen LogP contribution in [0.2, 0.25) is 0 Å². The number of carboxylic acids is 1. The summed E-state index contributed by atoms with van der Waals surface area (Å²) in [6.07, 6.45) is 1.83. The van der Waals surface area contributed by atoms with Crippen molar-refractivity contribution in [3.63, 3.8) is 0 Å². The number of nitrogens with zero attached hydrogens (tertiary/aromatic N) is 2. The molecule has 1 aliphatic heterocycles. The van der Waals surface area contributed by atoms with Crippen molar-refractivity contribution in [2.75, 3.05) is 13.7 Å². The van der Waals surface area contributed by atoms with Crippen LogP contribution in [0.25, 0.3) is 6.08 Å². The summed E-state index contributed by atoms with van der Waals surface area (Å²) in [5, 5.41) is 9.57. The number of ether oxygens (including phenoxy) is 1. The second-order valence-corrected chi connectivity index (χ2v) is 7.14. The van der Waals surface area contributed by atoms with Gasteiger partial charge in [-0.25, -0.2) is 9.79 Å². The van der Waals surface area contributed by atoms with E-state index in [1.807, 2.05) is 38.1 Å². The number of hydrogen-bond acceptors (Lipinski definition) is 5. The normalized spacial score (nSPS) is 16.8. The van der Waals surface area contributed by atoms with Crippen LogP contribution < -0.4 is 4.74 Å². The Balaban J connectivity index is 1.90. The molecule has 1 heterocycles. The highest BCUT2D eigenvalue weighted by molar-refractivity contribution is 8.18. The van der Waals surface area contributed by atoms with Gasteiger partial charge in [-0.2, -0.15) is 0 Å². The van der Waals surface area contributed by atoms with Crippen LogP contribution in [0.3, 0.4) is 0 Å². The molecule has 0 atom stereocenters. The highest BCUT2D eigenvalue weighted by Crippen LogP contribution is 2.34. The fourth-order valence-electron chi connectivity index (χ4n) is 2.74. The van der Waals surface area contributed by atoms with Crippen LogP contribution in [-0.4, -0.2) is 40.7 Å². The fourth-order valence-corrected chi connectivity index (χ4v) is 3.80. The Hall–Kier alpha value is -3.06. The minimum absolute atomic E-state index is 0.104. The van der Waals surface area contributed by atoms with Crippen molar-refractivity contribution in [2.24, 2.45) is 4.99 Å². The van der Waals surface area contributed by atoms with E-state index in [9.17, 15) is 9.59 Å². The number of aromatic carboxylic acids is 1. The summed E-state index contributed by atoms with van der Waals surface area (Å²) in [4.78, 5) is 30.4. The molecule has 0 radical (unpaired) electrons. The fraction of sp³-hybridized carbons (Fsp3) is 0.190. The van der Waals surface area contributed by atoms with Gasteiger partial charge < -0.3 is 9.84 Å². The number of likely N-dealkylation sites (N-methyl/N-ethyl adjacent to an activating group) is 1. The van der Waals surface area contributed by atoms with Crippen molar-refractivity contribution < 1.29 is 19.4 Å². The van der Waals surface area contributed by atoms with Crippen LogP contribution in [0.15, 0.2) is 52.4 Å². The Morgan fingerprint density at radius 3 is 2.57 bits per heavy atom. The summed E-state index contributed by atoms with van der Waals surface area (Å²) in [5.74, 6) is -0.323. The standard InChI is InChI=1S/C21H20N2O4S/c1-4-23-19(24)18(12-14-6-5-13(2)17(11-14)27-3)28-21(23)22-16-9-7-15(8-10-16)20(25)26/h5-12H,4H2,1-3H3,(H,25,26)/b18-12+,22-21?. The molecular weight excluding hydrogens is 376 g/mol. The molecule has 1 saturated heterocycles. The quantitative estimate of drug-likeness (QED) is 0.761. The molecule has 7 heteroatoms. The van der Waals surface area contributed by atoms with Gasteiger partial charge in [0.15, 0.2) is 5.17 Å². The van der Waals surface area contributed by atoms with Gasteiger partial charge in [0.05, 0.1) is 23.3 Å². The van der Waals surface area contributed by atoms with E-state index in [0.717, 1.165) is 16.9 Å². The van der Waals surface area contributed by atoms with Crippen molar-refractivity contribution >= 4 is 40.6 Å². The van der Waals surface area contributed by atoms with E-state index in [-0.39, 0.29) is 11.5 Å². The number of hydrogen-bond donors (Lipinski definition) is 1. The zero-order chi connectivity index (χ0) is 20.3. The number of amidine groups is 1. The maximum absolute atomic E-state index is 12.8. The van der Waals surface area contributed by atoms with E-state index >= 15 is 0 Å². The van der Waals surface area contributed by atoms with Crippen LogP contribution >= 0.6 is 11.8 Å². The average molecular weight is 396 g/mol. The second kappa shape index (κ2) is 8.31. The molecule has 1 amide bonds. The number of benzene rings is 2. The maximum Gasteiger partial charge on any atom is 0.335 e. The molecule has 144 valence electrons. The van der Waals surface area contributed by atoms with Gasteiger partial charge >= 0.3 is 5.97 Å². The number of carboxylic acid groups (broad SMARTS) is 1. The van der Waals surface area contributed by atoms with Gasteiger partial charge in [-0.05, 0) is 73.1 Å². The van der Waals surface area contributed by atoms with Gasteiger partial charge in [0.25, 0.3) is 5.91 Å². The lowest BCUT2D eigenvalue weighted by Crippen LogP contribution is -2.28. The van der Waals surface area contributed by atoms with Crippen molar-refractivity contribution in [1.82, 2.24) is 4.90 Å². The molecule has 0 unspecified atom stereocenters. The maximum atomic E-state index is 12.8. The van der Waals surface area contributed by atoms with E-state index < -0.39 is 5.97 Å². The van der Waals surface area contributed by atoms with Gasteiger partial charge in [0.1, 0.15) is 5.75 Å². The highest BCUT2D eigenvalue weighted by atomic mass is 32.2. The molecule has 3 rings (SSSR count). The summed E-state index contributed by atoms with van der Waals surface area (Å²) in [6, 6.07) is 12.0. The van der Waals surface area contributed by atoms with E-state index in [0.29, 0.717) is 22.3 Å². The first-order chi connectivity index (χ1) is 13.4. The number of rotatable bonds is 5. The Morgan fingerprint density at radius 1 is 1.25 bits per heavy atom. The van der Waals surface area contributed by atoms with Crippen LogP contribution in [0.5, 0.6) is 5.75 Å². The van der Waals surface area contributed by atoms with Gasteiger partial charge in [-0.15, -0.1) is 0 Å². The number of methoxy groups -OCH3 is 1. The van der Waals surface area contributed by atoms with Crippen LogP contribution in [-0.2, 0) is 4.79 Å². The van der Waals surface area contributed by atoms with E-state index in [1.54, 1.807) is 24.1 Å². The molecule has 2 aromatic rings. The first-order valence-corrected chi connectivity index (χ1v) is 9.52. The number of aryl methyl sites for hydroxylation is 1. The third-order valence-electron chi connectivity index (χ3n) is 4.27. The van der Waals surface area contributed by atoms with E-state index in [2.05, 4.69) is 4.99 Å². The van der Waals surface area contributed by atoms with Gasteiger partial charge in [-0.3, -0.25) is 9.69 Å². The predicted octanol–water partition coefficient (Wildman–Crippen LogP) is 4.33. The number of carbonyl (C=O) groups is 2. The molecule has 0 bridgehead atoms. The first kappa shape index (κ1) is 19.7. The molecule has 0 saturated carbocycles. The van der Waals surface area contributed by atoms with E-state index in [4.69, 9.17) is 9.84 Å². The zero-order valence-electron chi connectivity index (χ0n) is 15.8. The lowest BCUT2D eigenvalue weighted by molar-refractivity contribution is -0.122. The lowest BCUT2D eigenvalue weighted by atomic mass is 10.1. The molecule has 1 fully saturated rings. The first-order valence-electron chi connectivity index (χ1n) is 8.71. The minimum atomic E-state index is -0.987. The molecular formula is C21H20N2O4S. The number of carbonyl (C=O) groups excluding carboxylic acids is 1. The van der Waals surface area contributed by atoms with Gasteiger partial charge in [0.2, 0.25) is 0 Å². The molecule has 2 aromatic carbocycles. The Morgan fingerprint density at radius 2 is 1.96 bits per heavy atom. The molecule has 1 N–H and O–H groups in total. The van der Waals surface area contributed by atoms with Crippen molar-refractivity contribution in [3.05, 3.63) is 64.1 Å². The van der Waals surface area contributed by atoms with Gasteiger partial charge in [-0.1, -0.05) is 12.1 Å². The Labute approximate surface area is 167 Å². The van der Waals surface area contributed by atoms with Crippen LogP contribution in [0.4, 0.5) is 5.69 Å². The minimum Gasteiger partial charge on any atom is -0.496 e. The van der Waals surface area contributed by atoms with Gasteiger partial charge in [0, 0.05) is 6.54 Å². The molecule has 28 heavy (non-hydrogen) atoms. The monoisotopic (exact) mass is 396 g/mol. The number of aliphatic imine (C=N–C) groups is 1. The summed E-state index contributed by atoms with van der Waals surface area (Å²) >= 11 is 1.30. The summed E-state index contributed by atoms with van der Waals surface area (Å²) in [5.41, 5.74) is 2.69. The predicted molar refractivity (Wildman–Crippen MR) is 111 cm³/mol. The molecule has 0 spiro atoms. The number of thioether (sulfide) groups is 1. The largest absolute Gasteiger partial charge is 0.496 e.